The molecule has 3 aliphatic rings. The maximum Gasteiger partial charge on any atom is 0.251 e. The first-order chi connectivity index (χ1) is 19.7. The van der Waals surface area contributed by atoms with Crippen LogP contribution in [-0.2, 0) is 4.79 Å². The van der Waals surface area contributed by atoms with Crippen molar-refractivity contribution in [3.63, 3.8) is 0 Å². The molecule has 41 heavy (non-hydrogen) atoms. The number of anilines is 4. The first-order valence-electron chi connectivity index (χ1n) is 15.1. The lowest BCUT2D eigenvalue weighted by atomic mass is 9.84. The van der Waals surface area contributed by atoms with Crippen molar-refractivity contribution in [2.45, 2.75) is 96.2 Å². The monoisotopic (exact) mass is 564 g/mol. The van der Waals surface area contributed by atoms with Crippen LogP contribution in [0.3, 0.4) is 0 Å². The highest BCUT2D eigenvalue weighted by Gasteiger charge is 2.43. The molecule has 5 rings (SSSR count). The second-order valence-electron chi connectivity index (χ2n) is 12.1. The molecule has 2 aliphatic carbocycles. The fourth-order valence-corrected chi connectivity index (χ4v) is 6.41. The molecule has 1 aliphatic heterocycles. The van der Waals surface area contributed by atoms with Crippen molar-refractivity contribution in [2.24, 2.45) is 5.41 Å². The topological polar surface area (TPSA) is 120 Å². The predicted octanol–water partition coefficient (Wildman–Crippen LogP) is 4.79. The second kappa shape index (κ2) is 12.2. The Morgan fingerprint density at radius 2 is 1.88 bits per heavy atom. The molecule has 0 radical (unpaired) electrons. The van der Waals surface area contributed by atoms with Crippen LogP contribution in [0.25, 0.3) is 0 Å². The number of ether oxygens (including phenoxy) is 1. The van der Waals surface area contributed by atoms with Gasteiger partial charge < -0.3 is 30.3 Å². The van der Waals surface area contributed by atoms with E-state index in [1.165, 1.54) is 19.3 Å². The van der Waals surface area contributed by atoms with Crippen molar-refractivity contribution in [3.05, 3.63) is 30.0 Å². The number of amides is 2. The minimum Gasteiger partial charge on any atom is -0.495 e. The minimum atomic E-state index is -0.516. The molecule has 0 spiro atoms. The summed E-state index contributed by atoms with van der Waals surface area (Å²) in [5, 5.41) is 16.1. The van der Waals surface area contributed by atoms with Crippen LogP contribution in [-0.4, -0.2) is 65.8 Å². The van der Waals surface area contributed by atoms with E-state index in [2.05, 4.69) is 34.4 Å². The summed E-state index contributed by atoms with van der Waals surface area (Å²) in [6.45, 7) is 4.75. The summed E-state index contributed by atoms with van der Waals surface area (Å²) in [6, 6.07) is 5.67. The standard InChI is InChI=1S/C31H44N6O4/c1-5-31(2)19-37(22-9-7-6-8-10-22)27-25(36(3)29(31)40)18-32-30(35-27)34-24-16-11-20(17-26(24)41-4)28(39)33-21-12-14-23(38)15-13-21/h11,16-18,21-23,38H,5-10,12-15,19H2,1-4H3,(H,33,39)(H,32,34,35). The van der Waals surface area contributed by atoms with Crippen LogP contribution in [0.5, 0.6) is 5.75 Å². The van der Waals surface area contributed by atoms with Gasteiger partial charge in [0.1, 0.15) is 11.4 Å². The molecule has 10 heteroatoms. The molecule has 3 N–H and O–H groups in total. The molecule has 0 bridgehead atoms. The van der Waals surface area contributed by atoms with Crippen LogP contribution in [0.15, 0.2) is 24.4 Å². The van der Waals surface area contributed by atoms with E-state index in [0.717, 1.165) is 43.6 Å². The zero-order valence-corrected chi connectivity index (χ0v) is 24.8. The largest absolute Gasteiger partial charge is 0.495 e. The van der Waals surface area contributed by atoms with E-state index in [-0.39, 0.29) is 24.0 Å². The maximum absolute atomic E-state index is 13.5. The molecule has 1 aromatic carbocycles. The molecule has 0 saturated heterocycles. The number of aromatic nitrogens is 2. The Labute approximate surface area is 242 Å². The summed E-state index contributed by atoms with van der Waals surface area (Å²) >= 11 is 0. The van der Waals surface area contributed by atoms with E-state index >= 15 is 0 Å². The van der Waals surface area contributed by atoms with Crippen molar-refractivity contribution in [1.82, 2.24) is 15.3 Å². The summed E-state index contributed by atoms with van der Waals surface area (Å²) < 4.78 is 5.64. The average Bonchev–Trinajstić information content (AvgIpc) is 3.08. The summed E-state index contributed by atoms with van der Waals surface area (Å²) in [5.41, 5.74) is 1.35. The summed E-state index contributed by atoms with van der Waals surface area (Å²) in [5.74, 6) is 1.61. The van der Waals surface area contributed by atoms with E-state index in [0.29, 0.717) is 48.4 Å². The number of hydrogen-bond acceptors (Lipinski definition) is 8. The average molecular weight is 565 g/mol. The molecular formula is C31H44N6O4. The molecule has 10 nitrogen and oxygen atoms in total. The molecule has 2 amide bonds. The number of fused-ring (bicyclic) bond motifs is 1. The lowest BCUT2D eigenvalue weighted by Crippen LogP contribution is -2.47. The van der Waals surface area contributed by atoms with Crippen molar-refractivity contribution in [1.29, 1.82) is 0 Å². The Morgan fingerprint density at radius 3 is 2.56 bits per heavy atom. The van der Waals surface area contributed by atoms with Gasteiger partial charge in [-0.3, -0.25) is 9.59 Å². The van der Waals surface area contributed by atoms with Crippen LogP contribution in [0.2, 0.25) is 0 Å². The molecule has 2 saturated carbocycles. The quantitative estimate of drug-likeness (QED) is 0.439. The Hall–Kier alpha value is -3.40. The molecular weight excluding hydrogens is 520 g/mol. The SMILES string of the molecule is CCC1(C)CN(C2CCCCC2)c2nc(Nc3ccc(C(=O)NC4CCC(O)CC4)cc3OC)ncc2N(C)C1=O. The summed E-state index contributed by atoms with van der Waals surface area (Å²) in [6.07, 6.45) is 10.9. The van der Waals surface area contributed by atoms with E-state index in [1.54, 1.807) is 36.4 Å². The lowest BCUT2D eigenvalue weighted by molar-refractivity contribution is -0.126. The van der Waals surface area contributed by atoms with Crippen molar-refractivity contribution < 1.29 is 19.4 Å². The zero-order chi connectivity index (χ0) is 29.1. The number of carbonyl (C=O) groups is 2. The number of hydrogen-bond donors (Lipinski definition) is 3. The normalized spacial score (nSPS) is 25.3. The van der Waals surface area contributed by atoms with Crippen LogP contribution < -0.4 is 25.2 Å². The van der Waals surface area contributed by atoms with Gasteiger partial charge in [-0.25, -0.2) is 4.98 Å². The van der Waals surface area contributed by atoms with Gasteiger partial charge in [0.25, 0.3) is 5.91 Å². The fraction of sp³-hybridized carbons (Fsp3) is 0.613. The second-order valence-corrected chi connectivity index (χ2v) is 12.1. The number of aliphatic hydroxyl groups is 1. The first-order valence-corrected chi connectivity index (χ1v) is 15.1. The lowest BCUT2D eigenvalue weighted by Gasteiger charge is -2.38. The number of rotatable bonds is 7. The fourth-order valence-electron chi connectivity index (χ4n) is 6.41. The van der Waals surface area contributed by atoms with E-state index in [1.807, 2.05) is 7.05 Å². The third-order valence-corrected chi connectivity index (χ3v) is 9.26. The number of methoxy groups -OCH3 is 1. The van der Waals surface area contributed by atoms with E-state index < -0.39 is 5.41 Å². The molecule has 2 aromatic rings. The third-order valence-electron chi connectivity index (χ3n) is 9.26. The van der Waals surface area contributed by atoms with Gasteiger partial charge in [-0.15, -0.1) is 0 Å². The number of carbonyl (C=O) groups excluding carboxylic acids is 2. The molecule has 2 heterocycles. The number of benzene rings is 1. The Balaban J connectivity index is 1.40. The van der Waals surface area contributed by atoms with Gasteiger partial charge in [0, 0.05) is 31.2 Å². The van der Waals surface area contributed by atoms with Crippen LogP contribution in [0.4, 0.5) is 23.1 Å². The van der Waals surface area contributed by atoms with Crippen molar-refractivity contribution in [3.8, 4) is 5.75 Å². The van der Waals surface area contributed by atoms with Crippen molar-refractivity contribution in [2.75, 3.05) is 35.8 Å². The van der Waals surface area contributed by atoms with Crippen molar-refractivity contribution >= 4 is 35.0 Å². The van der Waals surface area contributed by atoms with Gasteiger partial charge in [-0.1, -0.05) is 26.2 Å². The Morgan fingerprint density at radius 1 is 1.15 bits per heavy atom. The molecule has 1 unspecified atom stereocenters. The van der Waals surface area contributed by atoms with E-state index in [4.69, 9.17) is 9.72 Å². The highest BCUT2D eigenvalue weighted by atomic mass is 16.5. The number of aliphatic hydroxyl groups excluding tert-OH is 1. The van der Waals surface area contributed by atoms with Crippen LogP contribution >= 0.6 is 0 Å². The summed E-state index contributed by atoms with van der Waals surface area (Å²) in [7, 11) is 3.39. The number of nitrogens with zero attached hydrogens (tertiary/aromatic N) is 4. The Bertz CT molecular complexity index is 1260. The van der Waals surface area contributed by atoms with Crippen LogP contribution in [0, 0.1) is 5.41 Å². The van der Waals surface area contributed by atoms with Gasteiger partial charge in [0.2, 0.25) is 11.9 Å². The molecule has 2 fully saturated rings. The summed E-state index contributed by atoms with van der Waals surface area (Å²) in [4.78, 5) is 40.1. The Kier molecular flexibility index (Phi) is 8.68. The highest BCUT2D eigenvalue weighted by Crippen LogP contribution is 2.41. The van der Waals surface area contributed by atoms with Gasteiger partial charge in [-0.2, -0.15) is 4.98 Å². The predicted molar refractivity (Wildman–Crippen MR) is 160 cm³/mol. The zero-order valence-electron chi connectivity index (χ0n) is 24.8. The number of nitrogens with one attached hydrogen (secondary N) is 2. The smallest absolute Gasteiger partial charge is 0.251 e. The van der Waals surface area contributed by atoms with Crippen LogP contribution in [0.1, 0.15) is 88.4 Å². The van der Waals surface area contributed by atoms with Gasteiger partial charge in [-0.05, 0) is 70.1 Å². The maximum atomic E-state index is 13.5. The molecule has 1 aromatic heterocycles. The molecule has 222 valence electrons. The minimum absolute atomic E-state index is 0.0642. The van der Waals surface area contributed by atoms with Gasteiger partial charge in [0.05, 0.1) is 30.5 Å². The first kappa shape index (κ1) is 29.1. The van der Waals surface area contributed by atoms with Gasteiger partial charge >= 0.3 is 0 Å². The third kappa shape index (κ3) is 6.12. The van der Waals surface area contributed by atoms with Gasteiger partial charge in [0.15, 0.2) is 5.82 Å². The molecule has 1 atom stereocenters. The van der Waals surface area contributed by atoms with E-state index in [9.17, 15) is 14.7 Å². The highest BCUT2D eigenvalue weighted by molar-refractivity contribution is 6.01.